The van der Waals surface area contributed by atoms with Gasteiger partial charge in [0.1, 0.15) is 11.9 Å². The van der Waals surface area contributed by atoms with Crippen molar-refractivity contribution in [3.63, 3.8) is 0 Å². The Labute approximate surface area is 145 Å². The molecule has 2 aromatic heterocycles. The van der Waals surface area contributed by atoms with Crippen molar-refractivity contribution in [2.45, 2.75) is 25.8 Å². The van der Waals surface area contributed by atoms with Crippen LogP contribution in [-0.4, -0.2) is 58.6 Å². The molecule has 0 aliphatic carbocycles. The zero-order chi connectivity index (χ0) is 17.2. The third-order valence-corrected chi connectivity index (χ3v) is 4.72. The number of amides is 1. The zero-order valence-electron chi connectivity index (χ0n) is 14.2. The molecule has 4 heterocycles. The minimum absolute atomic E-state index is 0.196. The lowest BCUT2D eigenvalue weighted by atomic mass is 10.2. The van der Waals surface area contributed by atoms with Crippen molar-refractivity contribution < 1.29 is 13.9 Å². The van der Waals surface area contributed by atoms with Gasteiger partial charge in [-0.1, -0.05) is 0 Å². The predicted octanol–water partition coefficient (Wildman–Crippen LogP) is 1.59. The molecule has 1 amide bonds. The van der Waals surface area contributed by atoms with Gasteiger partial charge in [0, 0.05) is 25.8 Å². The number of aryl methyl sites for hydroxylation is 1. The fourth-order valence-corrected chi connectivity index (χ4v) is 3.34. The van der Waals surface area contributed by atoms with Crippen LogP contribution in [0.2, 0.25) is 0 Å². The summed E-state index contributed by atoms with van der Waals surface area (Å²) in [6, 6.07) is 1.60. The molecule has 2 fully saturated rings. The zero-order valence-corrected chi connectivity index (χ0v) is 14.2. The highest BCUT2D eigenvalue weighted by molar-refractivity contribution is 5.92. The Bertz CT molecular complexity index is 756. The van der Waals surface area contributed by atoms with Crippen LogP contribution < -0.4 is 4.90 Å². The second-order valence-electron chi connectivity index (χ2n) is 6.32. The normalized spacial score (nSPS) is 20.9. The van der Waals surface area contributed by atoms with E-state index in [4.69, 9.17) is 14.1 Å². The van der Waals surface area contributed by atoms with Crippen LogP contribution in [-0.2, 0) is 4.74 Å². The Balaban J connectivity index is 1.62. The van der Waals surface area contributed by atoms with Crippen LogP contribution in [0.15, 0.2) is 23.1 Å². The number of rotatable bonds is 3. The van der Waals surface area contributed by atoms with Crippen molar-refractivity contribution in [3.05, 3.63) is 35.9 Å². The maximum atomic E-state index is 12.9. The van der Waals surface area contributed by atoms with Crippen LogP contribution in [0.4, 0.5) is 5.82 Å². The van der Waals surface area contributed by atoms with E-state index < -0.39 is 0 Å². The molecular formula is C17H21N5O3. The summed E-state index contributed by atoms with van der Waals surface area (Å²) in [6.45, 7) is 5.12. The summed E-state index contributed by atoms with van der Waals surface area (Å²) in [4.78, 5) is 30.0. The summed E-state index contributed by atoms with van der Waals surface area (Å²) >= 11 is 0. The molecule has 2 saturated heterocycles. The van der Waals surface area contributed by atoms with Crippen molar-refractivity contribution in [2.24, 2.45) is 0 Å². The number of anilines is 1. The summed E-state index contributed by atoms with van der Waals surface area (Å²) < 4.78 is 10.9. The fraction of sp³-hybridized carbons (Fsp3) is 0.529. The van der Waals surface area contributed by atoms with E-state index in [0.717, 1.165) is 18.9 Å². The lowest BCUT2D eigenvalue weighted by Crippen LogP contribution is -2.44. The molecule has 0 radical (unpaired) electrons. The van der Waals surface area contributed by atoms with Crippen LogP contribution in [0, 0.1) is 6.92 Å². The number of hydrogen-bond acceptors (Lipinski definition) is 7. The maximum absolute atomic E-state index is 12.9. The summed E-state index contributed by atoms with van der Waals surface area (Å²) in [5.41, 5.74) is 0.585. The second kappa shape index (κ2) is 6.79. The van der Waals surface area contributed by atoms with Crippen LogP contribution in [0.25, 0.3) is 0 Å². The first-order valence-electron chi connectivity index (χ1n) is 8.61. The van der Waals surface area contributed by atoms with Gasteiger partial charge in [-0.05, 0) is 25.8 Å². The molecule has 0 aromatic carbocycles. The molecule has 4 rings (SSSR count). The molecule has 2 aliphatic rings. The third kappa shape index (κ3) is 3.09. The third-order valence-electron chi connectivity index (χ3n) is 4.72. The van der Waals surface area contributed by atoms with Crippen LogP contribution in [0.3, 0.4) is 0 Å². The molecule has 0 spiro atoms. The number of carbonyl (C=O) groups is 1. The van der Waals surface area contributed by atoms with Crippen molar-refractivity contribution in [1.29, 1.82) is 0 Å². The predicted molar refractivity (Wildman–Crippen MR) is 89.3 cm³/mol. The average molecular weight is 343 g/mol. The first-order chi connectivity index (χ1) is 12.2. The monoisotopic (exact) mass is 343 g/mol. The largest absolute Gasteiger partial charge is 0.438 e. The van der Waals surface area contributed by atoms with E-state index in [9.17, 15) is 4.79 Å². The average Bonchev–Trinajstić information content (AvgIpc) is 3.33. The number of ether oxygens (including phenoxy) is 1. The Kier molecular flexibility index (Phi) is 4.35. The summed E-state index contributed by atoms with van der Waals surface area (Å²) in [5.74, 6) is 1.59. The number of aromatic nitrogens is 3. The van der Waals surface area contributed by atoms with Gasteiger partial charge in [0.05, 0.1) is 18.9 Å². The Morgan fingerprint density at radius 1 is 1.24 bits per heavy atom. The molecule has 8 nitrogen and oxygen atoms in total. The molecule has 0 N–H and O–H groups in total. The second-order valence-corrected chi connectivity index (χ2v) is 6.32. The van der Waals surface area contributed by atoms with E-state index >= 15 is 0 Å². The van der Waals surface area contributed by atoms with Gasteiger partial charge in [-0.25, -0.2) is 15.0 Å². The molecule has 2 aromatic rings. The summed E-state index contributed by atoms with van der Waals surface area (Å²) in [5, 5.41) is 0. The standard InChI is InChI=1S/C17H21N5O3/c1-12-15(25-11-19-12)17(23)22-8-9-24-10-13(22)16-18-5-4-14(20-16)21-6-2-3-7-21/h4-5,11,13H,2-3,6-10H2,1H3/t13-/m1/s1. The molecule has 2 aliphatic heterocycles. The number of morpholine rings is 1. The Morgan fingerprint density at radius 3 is 2.84 bits per heavy atom. The minimum Gasteiger partial charge on any atom is -0.438 e. The van der Waals surface area contributed by atoms with Gasteiger partial charge in [0.15, 0.2) is 12.2 Å². The van der Waals surface area contributed by atoms with Gasteiger partial charge >= 0.3 is 0 Å². The summed E-state index contributed by atoms with van der Waals surface area (Å²) in [7, 11) is 0. The molecular weight excluding hydrogens is 322 g/mol. The molecule has 0 unspecified atom stereocenters. The van der Waals surface area contributed by atoms with Gasteiger partial charge in [-0.15, -0.1) is 0 Å². The van der Waals surface area contributed by atoms with E-state index in [-0.39, 0.29) is 17.7 Å². The highest BCUT2D eigenvalue weighted by Crippen LogP contribution is 2.26. The minimum atomic E-state index is -0.326. The molecule has 0 bridgehead atoms. The van der Waals surface area contributed by atoms with Gasteiger partial charge in [-0.2, -0.15) is 0 Å². The Morgan fingerprint density at radius 2 is 2.08 bits per heavy atom. The first kappa shape index (κ1) is 16.0. The van der Waals surface area contributed by atoms with Crippen molar-refractivity contribution in [3.8, 4) is 0 Å². The first-order valence-corrected chi connectivity index (χ1v) is 8.61. The molecule has 25 heavy (non-hydrogen) atoms. The molecule has 132 valence electrons. The number of oxazole rings is 1. The van der Waals surface area contributed by atoms with Crippen LogP contribution >= 0.6 is 0 Å². The van der Waals surface area contributed by atoms with E-state index in [0.29, 0.717) is 31.3 Å². The maximum Gasteiger partial charge on any atom is 0.292 e. The number of nitrogens with zero attached hydrogens (tertiary/aromatic N) is 5. The highest BCUT2D eigenvalue weighted by Gasteiger charge is 2.34. The molecule has 1 atom stereocenters. The van der Waals surface area contributed by atoms with Gasteiger partial charge < -0.3 is 19.0 Å². The molecule has 0 saturated carbocycles. The van der Waals surface area contributed by atoms with Crippen molar-refractivity contribution >= 4 is 11.7 Å². The van der Waals surface area contributed by atoms with E-state index in [1.165, 1.54) is 19.2 Å². The highest BCUT2D eigenvalue weighted by atomic mass is 16.5. The van der Waals surface area contributed by atoms with Crippen LogP contribution in [0.5, 0.6) is 0 Å². The quantitative estimate of drug-likeness (QED) is 0.836. The number of hydrogen-bond donors (Lipinski definition) is 0. The van der Waals surface area contributed by atoms with Crippen molar-refractivity contribution in [1.82, 2.24) is 19.9 Å². The van der Waals surface area contributed by atoms with Gasteiger partial charge in [-0.3, -0.25) is 4.79 Å². The van der Waals surface area contributed by atoms with E-state index in [2.05, 4.69) is 14.9 Å². The van der Waals surface area contributed by atoms with Gasteiger partial charge in [0.25, 0.3) is 5.91 Å². The SMILES string of the molecule is Cc1ncoc1C(=O)N1CCOC[C@@H]1c1nccc(N2CCCC2)n1. The smallest absolute Gasteiger partial charge is 0.292 e. The van der Waals surface area contributed by atoms with Crippen molar-refractivity contribution in [2.75, 3.05) is 37.7 Å². The molecule has 8 heteroatoms. The van der Waals surface area contributed by atoms with Crippen LogP contribution in [0.1, 0.15) is 41.0 Å². The topological polar surface area (TPSA) is 84.6 Å². The van der Waals surface area contributed by atoms with E-state index in [1.807, 2.05) is 6.07 Å². The summed E-state index contributed by atoms with van der Waals surface area (Å²) in [6.07, 6.45) is 5.41. The van der Waals surface area contributed by atoms with Gasteiger partial charge in [0.2, 0.25) is 5.76 Å². The number of carbonyl (C=O) groups excluding carboxylic acids is 1. The fourth-order valence-electron chi connectivity index (χ4n) is 3.34. The lowest BCUT2D eigenvalue weighted by Gasteiger charge is -2.34. The van der Waals surface area contributed by atoms with E-state index in [1.54, 1.807) is 18.0 Å². The Hall–Kier alpha value is -2.48. The lowest BCUT2D eigenvalue weighted by molar-refractivity contribution is -0.00678.